The molecule has 3 aromatic carbocycles. The van der Waals surface area contributed by atoms with E-state index >= 15 is 0 Å². The van der Waals surface area contributed by atoms with Crippen molar-refractivity contribution in [3.8, 4) is 0 Å². The maximum absolute atomic E-state index is 12.5. The van der Waals surface area contributed by atoms with Crippen molar-refractivity contribution in [3.05, 3.63) is 106 Å². The standard InChI is InChI=1S/C24H24ClNO3/c1-24(2,28)20-10-6-9-19(15-20)22(18-11-13-21(25)14-12-18)26-23(27)29-16-17-7-4-3-5-8-17/h3-15,22,28H,16H2,1-2H3,(H,26,27). The molecule has 5 heteroatoms. The van der Waals surface area contributed by atoms with Crippen molar-refractivity contribution >= 4 is 17.7 Å². The van der Waals surface area contributed by atoms with Gasteiger partial charge in [0.2, 0.25) is 0 Å². The van der Waals surface area contributed by atoms with Crippen LogP contribution < -0.4 is 5.32 Å². The zero-order valence-electron chi connectivity index (χ0n) is 16.4. The van der Waals surface area contributed by atoms with E-state index < -0.39 is 17.7 Å². The highest BCUT2D eigenvalue weighted by atomic mass is 35.5. The molecule has 0 bridgehead atoms. The molecular formula is C24H24ClNO3. The van der Waals surface area contributed by atoms with Crippen molar-refractivity contribution in [2.24, 2.45) is 0 Å². The number of benzene rings is 3. The summed E-state index contributed by atoms with van der Waals surface area (Å²) < 4.78 is 5.40. The average molecular weight is 410 g/mol. The lowest BCUT2D eigenvalue weighted by atomic mass is 9.92. The zero-order chi connectivity index (χ0) is 20.9. The molecule has 0 aromatic heterocycles. The lowest BCUT2D eigenvalue weighted by molar-refractivity contribution is 0.0785. The normalized spacial score (nSPS) is 12.3. The predicted octanol–water partition coefficient (Wildman–Crippen LogP) is 5.58. The van der Waals surface area contributed by atoms with E-state index in [0.29, 0.717) is 5.02 Å². The third kappa shape index (κ3) is 5.83. The number of carbonyl (C=O) groups excluding carboxylic acids is 1. The van der Waals surface area contributed by atoms with Crippen LogP contribution >= 0.6 is 11.6 Å². The van der Waals surface area contributed by atoms with E-state index in [1.807, 2.05) is 66.7 Å². The molecule has 1 unspecified atom stereocenters. The van der Waals surface area contributed by atoms with E-state index in [9.17, 15) is 9.90 Å². The first-order valence-electron chi connectivity index (χ1n) is 9.38. The molecule has 3 aromatic rings. The van der Waals surface area contributed by atoms with E-state index in [2.05, 4.69) is 5.32 Å². The summed E-state index contributed by atoms with van der Waals surface area (Å²) in [7, 11) is 0. The Kier molecular flexibility index (Phi) is 6.57. The fourth-order valence-electron chi connectivity index (χ4n) is 3.00. The summed E-state index contributed by atoms with van der Waals surface area (Å²) in [6.45, 7) is 3.64. The SMILES string of the molecule is CC(C)(O)c1cccc(C(NC(=O)OCc2ccccc2)c2ccc(Cl)cc2)c1. The van der Waals surface area contributed by atoms with Gasteiger partial charge in [-0.05, 0) is 48.2 Å². The summed E-state index contributed by atoms with van der Waals surface area (Å²) in [4.78, 5) is 12.5. The average Bonchev–Trinajstić information content (AvgIpc) is 2.71. The van der Waals surface area contributed by atoms with Gasteiger partial charge >= 0.3 is 6.09 Å². The fraction of sp³-hybridized carbons (Fsp3) is 0.208. The monoisotopic (exact) mass is 409 g/mol. The first kappa shape index (κ1) is 20.9. The minimum atomic E-state index is -0.992. The second-order valence-electron chi connectivity index (χ2n) is 7.38. The van der Waals surface area contributed by atoms with Gasteiger partial charge in [-0.2, -0.15) is 0 Å². The summed E-state index contributed by atoms with van der Waals surface area (Å²) in [6.07, 6.45) is -0.525. The number of amides is 1. The Morgan fingerprint density at radius 3 is 2.34 bits per heavy atom. The van der Waals surface area contributed by atoms with Gasteiger partial charge in [-0.15, -0.1) is 0 Å². The molecule has 0 radical (unpaired) electrons. The largest absolute Gasteiger partial charge is 0.445 e. The maximum Gasteiger partial charge on any atom is 0.408 e. The Bertz CT molecular complexity index is 950. The Balaban J connectivity index is 1.84. The number of nitrogens with one attached hydrogen (secondary N) is 1. The highest BCUT2D eigenvalue weighted by Gasteiger charge is 2.21. The molecule has 0 aliphatic heterocycles. The van der Waals surface area contributed by atoms with Crippen molar-refractivity contribution in [2.75, 3.05) is 0 Å². The van der Waals surface area contributed by atoms with Gasteiger partial charge in [-0.3, -0.25) is 0 Å². The summed E-state index contributed by atoms with van der Waals surface area (Å²) >= 11 is 6.03. The number of hydrogen-bond acceptors (Lipinski definition) is 3. The van der Waals surface area contributed by atoms with Gasteiger partial charge in [0.25, 0.3) is 0 Å². The predicted molar refractivity (Wildman–Crippen MR) is 115 cm³/mol. The molecular weight excluding hydrogens is 386 g/mol. The third-order valence-electron chi connectivity index (χ3n) is 4.60. The molecule has 0 spiro atoms. The maximum atomic E-state index is 12.5. The van der Waals surface area contributed by atoms with Crippen LogP contribution in [0.25, 0.3) is 0 Å². The van der Waals surface area contributed by atoms with E-state index in [4.69, 9.17) is 16.3 Å². The summed E-state index contributed by atoms with van der Waals surface area (Å²) in [6, 6.07) is 23.9. The van der Waals surface area contributed by atoms with E-state index in [0.717, 1.165) is 22.3 Å². The van der Waals surface area contributed by atoms with Gasteiger partial charge in [0, 0.05) is 5.02 Å². The van der Waals surface area contributed by atoms with Crippen LogP contribution in [0.3, 0.4) is 0 Å². The fourth-order valence-corrected chi connectivity index (χ4v) is 3.12. The Morgan fingerprint density at radius 2 is 1.69 bits per heavy atom. The second-order valence-corrected chi connectivity index (χ2v) is 7.81. The lowest BCUT2D eigenvalue weighted by Crippen LogP contribution is -2.30. The number of aliphatic hydroxyl groups is 1. The van der Waals surface area contributed by atoms with Gasteiger partial charge in [-0.25, -0.2) is 4.79 Å². The molecule has 1 atom stereocenters. The van der Waals surface area contributed by atoms with Gasteiger partial charge in [0.1, 0.15) is 6.61 Å². The first-order valence-corrected chi connectivity index (χ1v) is 9.76. The van der Waals surface area contributed by atoms with E-state index in [1.165, 1.54) is 0 Å². The van der Waals surface area contributed by atoms with Crippen LogP contribution in [0.4, 0.5) is 4.79 Å². The van der Waals surface area contributed by atoms with Gasteiger partial charge in [0.05, 0.1) is 11.6 Å². The molecule has 29 heavy (non-hydrogen) atoms. The molecule has 0 aliphatic carbocycles. The molecule has 2 N–H and O–H groups in total. The van der Waals surface area contributed by atoms with Gasteiger partial charge in [0.15, 0.2) is 0 Å². The van der Waals surface area contributed by atoms with Crippen LogP contribution in [0.15, 0.2) is 78.9 Å². The third-order valence-corrected chi connectivity index (χ3v) is 4.86. The Labute approximate surface area is 176 Å². The number of halogens is 1. The van der Waals surface area contributed by atoms with Crippen LogP contribution in [-0.4, -0.2) is 11.2 Å². The summed E-state index contributed by atoms with van der Waals surface area (Å²) in [5, 5.41) is 13.9. The molecule has 0 aliphatic rings. The quantitative estimate of drug-likeness (QED) is 0.558. The van der Waals surface area contributed by atoms with Crippen LogP contribution in [-0.2, 0) is 16.9 Å². The molecule has 0 heterocycles. The highest BCUT2D eigenvalue weighted by molar-refractivity contribution is 6.30. The topological polar surface area (TPSA) is 58.6 Å². The van der Waals surface area contributed by atoms with Crippen molar-refractivity contribution in [1.29, 1.82) is 0 Å². The first-order chi connectivity index (χ1) is 13.8. The zero-order valence-corrected chi connectivity index (χ0v) is 17.2. The van der Waals surface area contributed by atoms with E-state index in [1.54, 1.807) is 26.0 Å². The van der Waals surface area contributed by atoms with Crippen molar-refractivity contribution in [1.82, 2.24) is 5.32 Å². The minimum Gasteiger partial charge on any atom is -0.445 e. The number of ether oxygens (including phenoxy) is 1. The molecule has 0 saturated heterocycles. The van der Waals surface area contributed by atoms with Crippen molar-refractivity contribution in [2.45, 2.75) is 32.1 Å². The second kappa shape index (κ2) is 9.12. The molecule has 1 amide bonds. The molecule has 3 rings (SSSR count). The van der Waals surface area contributed by atoms with Gasteiger partial charge in [-0.1, -0.05) is 78.3 Å². The lowest BCUT2D eigenvalue weighted by Gasteiger charge is -2.23. The summed E-state index contributed by atoms with van der Waals surface area (Å²) in [5.74, 6) is 0. The molecule has 0 fully saturated rings. The number of alkyl carbamates (subject to hydrolysis) is 1. The van der Waals surface area contributed by atoms with Crippen molar-refractivity contribution < 1.29 is 14.6 Å². The smallest absolute Gasteiger partial charge is 0.408 e. The van der Waals surface area contributed by atoms with Crippen LogP contribution in [0.5, 0.6) is 0 Å². The van der Waals surface area contributed by atoms with Gasteiger partial charge < -0.3 is 15.2 Å². The number of hydrogen-bond donors (Lipinski definition) is 2. The summed E-state index contributed by atoms with van der Waals surface area (Å²) in [5.41, 5.74) is 2.37. The Morgan fingerprint density at radius 1 is 1.00 bits per heavy atom. The number of carbonyl (C=O) groups is 1. The highest BCUT2D eigenvalue weighted by Crippen LogP contribution is 2.28. The van der Waals surface area contributed by atoms with Crippen LogP contribution in [0.2, 0.25) is 5.02 Å². The molecule has 150 valence electrons. The van der Waals surface area contributed by atoms with E-state index in [-0.39, 0.29) is 6.61 Å². The molecule has 4 nitrogen and oxygen atoms in total. The molecule has 0 saturated carbocycles. The number of rotatable bonds is 6. The van der Waals surface area contributed by atoms with Crippen LogP contribution in [0.1, 0.15) is 42.1 Å². The minimum absolute atomic E-state index is 0.184. The Hall–Kier alpha value is -2.82. The van der Waals surface area contributed by atoms with Crippen LogP contribution in [0, 0.1) is 0 Å². The van der Waals surface area contributed by atoms with Crippen molar-refractivity contribution in [3.63, 3.8) is 0 Å².